The van der Waals surface area contributed by atoms with Crippen molar-refractivity contribution < 1.29 is 28.5 Å². The Morgan fingerprint density at radius 1 is 1.03 bits per heavy atom. The van der Waals surface area contributed by atoms with Crippen molar-refractivity contribution in [2.45, 2.75) is 26.8 Å². The number of ketones is 1. The Balaban J connectivity index is 2.46. The maximum Gasteiger partial charge on any atom is 0.276 e. The molecule has 0 saturated heterocycles. The summed E-state index contributed by atoms with van der Waals surface area (Å²) >= 11 is 12.5. The largest absolute Gasteiger partial charge is 0.494 e. The summed E-state index contributed by atoms with van der Waals surface area (Å²) in [5, 5.41) is 8.24. The van der Waals surface area contributed by atoms with E-state index >= 15 is 0 Å². The second-order valence-electron chi connectivity index (χ2n) is 6.47. The zero-order valence-corrected chi connectivity index (χ0v) is 20.4. The van der Waals surface area contributed by atoms with Crippen LogP contribution in [0.1, 0.15) is 20.8 Å². The van der Waals surface area contributed by atoms with Crippen molar-refractivity contribution in [3.05, 3.63) is 35.4 Å². The smallest absolute Gasteiger partial charge is 0.276 e. The van der Waals surface area contributed by atoms with Gasteiger partial charge in [-0.3, -0.25) is 9.59 Å². The van der Waals surface area contributed by atoms with Gasteiger partial charge in [-0.2, -0.15) is 5.11 Å². The summed E-state index contributed by atoms with van der Waals surface area (Å²) in [5.41, 5.74) is 0.329. The Hall–Kier alpha value is -3.04. The number of amides is 1. The van der Waals surface area contributed by atoms with Crippen LogP contribution in [0, 0.1) is 0 Å². The van der Waals surface area contributed by atoms with Gasteiger partial charge in [-0.05, 0) is 45.0 Å². The Labute approximate surface area is 202 Å². The lowest BCUT2D eigenvalue weighted by Gasteiger charge is -2.20. The molecule has 0 heterocycles. The van der Waals surface area contributed by atoms with Crippen LogP contribution in [-0.2, 0) is 9.59 Å². The van der Waals surface area contributed by atoms with E-state index in [0.717, 1.165) is 4.42 Å². The number of carbonyl (C=O) groups excluding carboxylic acids is 2. The molecular formula is C22H25Cl2N3O6. The fourth-order valence-electron chi connectivity index (χ4n) is 2.81. The maximum absolute atomic E-state index is 13.1. The molecule has 0 radical (unpaired) electrons. The summed E-state index contributed by atoms with van der Waals surface area (Å²) in [4.78, 5) is 25.4. The summed E-state index contributed by atoms with van der Waals surface area (Å²) in [7, 11) is 2.82. The van der Waals surface area contributed by atoms with E-state index in [4.69, 9.17) is 42.3 Å². The Morgan fingerprint density at radius 2 is 1.70 bits per heavy atom. The van der Waals surface area contributed by atoms with Crippen molar-refractivity contribution in [3.8, 4) is 23.0 Å². The summed E-state index contributed by atoms with van der Waals surface area (Å²) in [6, 6.07) is 6.43. The first-order valence-corrected chi connectivity index (χ1v) is 10.7. The highest BCUT2D eigenvalue weighted by Gasteiger charge is 2.31. The predicted octanol–water partition coefficient (Wildman–Crippen LogP) is 5.38. The fourth-order valence-corrected chi connectivity index (χ4v) is 3.27. The predicted molar refractivity (Wildman–Crippen MR) is 126 cm³/mol. The van der Waals surface area contributed by atoms with Gasteiger partial charge >= 0.3 is 0 Å². The first-order chi connectivity index (χ1) is 15.8. The van der Waals surface area contributed by atoms with Crippen molar-refractivity contribution >= 4 is 46.4 Å². The molecule has 2 aromatic rings. The first-order valence-electron chi connectivity index (χ1n) is 10.00. The Kier molecular flexibility index (Phi) is 9.74. The van der Waals surface area contributed by atoms with Gasteiger partial charge in [0.1, 0.15) is 22.9 Å². The summed E-state index contributed by atoms with van der Waals surface area (Å²) in [6.07, 6.45) is 0. The standard InChI is InChI=1S/C22H25Cl2N3O6/c1-6-32-14-8-10-17(33-7-2)16(12-14)27(24)22(29)19(13(3)28)25-26-20-18(30-4)11-9-15(23)21(20)31-5/h8-12,19H,6-7H2,1-5H3. The molecule has 2 rings (SSSR count). The zero-order chi connectivity index (χ0) is 24.5. The highest BCUT2D eigenvalue weighted by atomic mass is 35.5. The molecule has 11 heteroatoms. The van der Waals surface area contributed by atoms with Crippen LogP contribution in [-0.4, -0.2) is 45.2 Å². The van der Waals surface area contributed by atoms with Crippen molar-refractivity contribution in [2.75, 3.05) is 31.9 Å². The molecule has 178 valence electrons. The van der Waals surface area contributed by atoms with Gasteiger partial charge in [0, 0.05) is 17.8 Å². The number of methoxy groups -OCH3 is 2. The quantitative estimate of drug-likeness (QED) is 0.234. The maximum atomic E-state index is 13.1. The number of nitrogens with zero attached hydrogens (tertiary/aromatic N) is 3. The zero-order valence-electron chi connectivity index (χ0n) is 18.9. The second-order valence-corrected chi connectivity index (χ2v) is 7.22. The number of anilines is 1. The minimum Gasteiger partial charge on any atom is -0.494 e. The molecule has 9 nitrogen and oxygen atoms in total. The average molecular weight is 498 g/mol. The van der Waals surface area contributed by atoms with E-state index in [9.17, 15) is 9.59 Å². The number of hydrogen-bond acceptors (Lipinski definition) is 8. The number of hydrogen-bond donors (Lipinski definition) is 0. The van der Waals surface area contributed by atoms with Gasteiger partial charge in [-0.15, -0.1) is 5.11 Å². The third kappa shape index (κ3) is 6.27. The number of halogens is 2. The molecule has 0 aromatic heterocycles. The molecule has 0 bridgehead atoms. The number of benzene rings is 2. The van der Waals surface area contributed by atoms with Crippen LogP contribution in [0.2, 0.25) is 5.02 Å². The van der Waals surface area contributed by atoms with Gasteiger partial charge in [0.05, 0.1) is 32.5 Å². The van der Waals surface area contributed by atoms with E-state index < -0.39 is 17.7 Å². The third-order valence-electron chi connectivity index (χ3n) is 4.31. The summed E-state index contributed by atoms with van der Waals surface area (Å²) < 4.78 is 22.3. The average Bonchev–Trinajstić information content (AvgIpc) is 2.79. The lowest BCUT2D eigenvalue weighted by molar-refractivity contribution is -0.126. The molecule has 1 unspecified atom stereocenters. The van der Waals surface area contributed by atoms with Gasteiger partial charge in [-0.25, -0.2) is 4.42 Å². The van der Waals surface area contributed by atoms with Crippen LogP contribution < -0.4 is 23.4 Å². The molecule has 1 amide bonds. The van der Waals surface area contributed by atoms with E-state index in [1.54, 1.807) is 31.2 Å². The van der Waals surface area contributed by atoms with Gasteiger partial charge < -0.3 is 18.9 Å². The number of rotatable bonds is 11. The Bertz CT molecular complexity index is 1030. The van der Waals surface area contributed by atoms with Gasteiger partial charge in [0.15, 0.2) is 17.2 Å². The summed E-state index contributed by atoms with van der Waals surface area (Å²) in [5.74, 6) is -0.123. The number of azo groups is 1. The second kappa shape index (κ2) is 12.3. The van der Waals surface area contributed by atoms with Crippen LogP contribution in [0.15, 0.2) is 40.6 Å². The minimum atomic E-state index is -1.54. The lowest BCUT2D eigenvalue weighted by Crippen LogP contribution is -2.36. The van der Waals surface area contributed by atoms with E-state index in [1.807, 2.05) is 6.92 Å². The fraction of sp³-hybridized carbons (Fsp3) is 0.364. The van der Waals surface area contributed by atoms with E-state index in [0.29, 0.717) is 30.5 Å². The summed E-state index contributed by atoms with van der Waals surface area (Å²) in [6.45, 7) is 5.57. The molecule has 0 N–H and O–H groups in total. The molecule has 0 fully saturated rings. The lowest BCUT2D eigenvalue weighted by atomic mass is 10.2. The van der Waals surface area contributed by atoms with Crippen molar-refractivity contribution in [1.29, 1.82) is 0 Å². The molecule has 0 spiro atoms. The van der Waals surface area contributed by atoms with Crippen molar-refractivity contribution in [2.24, 2.45) is 10.2 Å². The minimum absolute atomic E-state index is 0.126. The topological polar surface area (TPSA) is 99.0 Å². The van der Waals surface area contributed by atoms with Gasteiger partial charge in [-0.1, -0.05) is 11.6 Å². The van der Waals surface area contributed by atoms with E-state index in [1.165, 1.54) is 27.2 Å². The molecule has 0 aliphatic carbocycles. The highest BCUT2D eigenvalue weighted by Crippen LogP contribution is 2.43. The first kappa shape index (κ1) is 26.2. The van der Waals surface area contributed by atoms with Gasteiger partial charge in [0.25, 0.3) is 5.91 Å². The van der Waals surface area contributed by atoms with Crippen LogP contribution in [0.25, 0.3) is 0 Å². The molecular weight excluding hydrogens is 473 g/mol. The highest BCUT2D eigenvalue weighted by molar-refractivity contribution is 6.39. The van der Waals surface area contributed by atoms with Crippen molar-refractivity contribution in [3.63, 3.8) is 0 Å². The van der Waals surface area contributed by atoms with E-state index in [-0.39, 0.29) is 22.1 Å². The number of carbonyl (C=O) groups is 2. The normalized spacial score (nSPS) is 11.7. The third-order valence-corrected chi connectivity index (χ3v) is 4.96. The molecule has 33 heavy (non-hydrogen) atoms. The van der Waals surface area contributed by atoms with Crippen LogP contribution in [0.4, 0.5) is 11.4 Å². The molecule has 2 aromatic carbocycles. The number of Topliss-reactive ketones (excluding diaryl/α,β-unsaturated/α-hetero) is 1. The van der Waals surface area contributed by atoms with Crippen molar-refractivity contribution in [1.82, 2.24) is 0 Å². The molecule has 0 saturated carbocycles. The molecule has 1 atom stereocenters. The number of ether oxygens (including phenoxy) is 4. The van der Waals surface area contributed by atoms with Crippen LogP contribution in [0.3, 0.4) is 0 Å². The Morgan fingerprint density at radius 3 is 2.27 bits per heavy atom. The van der Waals surface area contributed by atoms with Crippen LogP contribution in [0.5, 0.6) is 23.0 Å². The molecule has 0 aliphatic heterocycles. The van der Waals surface area contributed by atoms with Crippen LogP contribution >= 0.6 is 23.4 Å². The SMILES string of the molecule is CCOc1ccc(OCC)c(N(Cl)C(=O)C(N=Nc2c(OC)ccc(Cl)c2OC)C(C)=O)c1. The van der Waals surface area contributed by atoms with E-state index in [2.05, 4.69) is 10.2 Å². The molecule has 0 aliphatic rings. The van der Waals surface area contributed by atoms with Gasteiger partial charge in [0.2, 0.25) is 6.04 Å². The monoisotopic (exact) mass is 497 g/mol.